The van der Waals surface area contributed by atoms with E-state index in [2.05, 4.69) is 0 Å². The molecule has 7 nitrogen and oxygen atoms in total. The lowest BCUT2D eigenvalue weighted by Crippen LogP contribution is -2.56. The summed E-state index contributed by atoms with van der Waals surface area (Å²) in [5.74, 6) is -1.82. The molecule has 0 aliphatic carbocycles. The van der Waals surface area contributed by atoms with Crippen molar-refractivity contribution in [3.8, 4) is 0 Å². The number of carboxylic acid groups (broad SMARTS) is 1. The fourth-order valence-electron chi connectivity index (χ4n) is 2.32. The van der Waals surface area contributed by atoms with Crippen LogP contribution in [0.3, 0.4) is 0 Å². The van der Waals surface area contributed by atoms with Gasteiger partial charge in [-0.3, -0.25) is 14.5 Å². The summed E-state index contributed by atoms with van der Waals surface area (Å²) in [5.41, 5.74) is 5.43. The van der Waals surface area contributed by atoms with Gasteiger partial charge in [0.25, 0.3) is 0 Å². The molecule has 1 aromatic rings. The van der Waals surface area contributed by atoms with Crippen molar-refractivity contribution in [3.05, 3.63) is 35.9 Å². The van der Waals surface area contributed by atoms with Crippen LogP contribution in [0.15, 0.2) is 30.3 Å². The number of aliphatic carboxylic acids is 1. The van der Waals surface area contributed by atoms with Gasteiger partial charge in [-0.1, -0.05) is 30.3 Å². The highest BCUT2D eigenvalue weighted by Crippen LogP contribution is 2.22. The Labute approximate surface area is 141 Å². The summed E-state index contributed by atoms with van der Waals surface area (Å²) in [6, 6.07) is 8.06. The summed E-state index contributed by atoms with van der Waals surface area (Å²) < 4.78 is 5.29. The monoisotopic (exact) mass is 336 g/mol. The number of rotatable bonds is 7. The molecule has 0 radical (unpaired) electrons. The molecular weight excluding hydrogens is 312 g/mol. The van der Waals surface area contributed by atoms with Crippen LogP contribution in [0.4, 0.5) is 4.79 Å². The summed E-state index contributed by atoms with van der Waals surface area (Å²) in [5, 5.41) is 8.83. The summed E-state index contributed by atoms with van der Waals surface area (Å²) in [7, 11) is 0. The van der Waals surface area contributed by atoms with Gasteiger partial charge in [0.05, 0.1) is 0 Å². The Hall–Kier alpha value is -2.57. The van der Waals surface area contributed by atoms with Gasteiger partial charge in [0.15, 0.2) is 0 Å². The van der Waals surface area contributed by atoms with Crippen LogP contribution in [0.1, 0.15) is 39.2 Å². The van der Waals surface area contributed by atoms with Crippen molar-refractivity contribution in [2.45, 2.75) is 51.8 Å². The van der Waals surface area contributed by atoms with Crippen molar-refractivity contribution < 1.29 is 24.2 Å². The van der Waals surface area contributed by atoms with E-state index in [4.69, 9.17) is 15.6 Å². The summed E-state index contributed by atoms with van der Waals surface area (Å²) in [6.07, 6.45) is -1.05. The zero-order chi connectivity index (χ0) is 18.3. The number of ether oxygens (including phenoxy) is 1. The summed E-state index contributed by atoms with van der Waals surface area (Å²) in [4.78, 5) is 36.3. The molecule has 0 saturated carbocycles. The van der Waals surface area contributed by atoms with E-state index in [1.165, 1.54) is 4.90 Å². The Morgan fingerprint density at radius 3 is 2.25 bits per heavy atom. The molecule has 0 aromatic heterocycles. The molecule has 0 spiro atoms. The number of nitrogens with two attached hydrogens (primary N) is 1. The first kappa shape index (κ1) is 19.5. The fraction of sp³-hybridized carbons (Fsp3) is 0.471. The zero-order valence-electron chi connectivity index (χ0n) is 14.2. The zero-order valence-corrected chi connectivity index (χ0v) is 14.2. The largest absolute Gasteiger partial charge is 0.481 e. The van der Waals surface area contributed by atoms with Gasteiger partial charge >= 0.3 is 12.1 Å². The Balaban J connectivity index is 2.91. The molecule has 0 aliphatic rings. The number of carbonyl (C=O) groups excluding carboxylic acids is 2. The van der Waals surface area contributed by atoms with E-state index in [1.807, 2.05) is 30.3 Å². The fourth-order valence-corrected chi connectivity index (χ4v) is 2.32. The lowest BCUT2D eigenvalue weighted by atomic mass is 10.00. The van der Waals surface area contributed by atoms with Crippen molar-refractivity contribution in [2.75, 3.05) is 0 Å². The predicted octanol–water partition coefficient (Wildman–Crippen LogP) is 2.14. The maximum Gasteiger partial charge on any atom is 0.411 e. The smallest absolute Gasteiger partial charge is 0.411 e. The van der Waals surface area contributed by atoms with Crippen LogP contribution in [0, 0.1) is 0 Å². The van der Waals surface area contributed by atoms with Crippen molar-refractivity contribution in [1.82, 2.24) is 4.90 Å². The number of amides is 2. The third-order valence-corrected chi connectivity index (χ3v) is 3.40. The third-order valence-electron chi connectivity index (χ3n) is 3.40. The number of nitrogens with zero attached hydrogens (tertiary/aromatic N) is 1. The molecule has 24 heavy (non-hydrogen) atoms. The van der Waals surface area contributed by atoms with Crippen LogP contribution in [0.2, 0.25) is 0 Å². The number of carbonyl (C=O) groups is 3. The second-order valence-electron chi connectivity index (χ2n) is 6.43. The molecule has 0 saturated heterocycles. The number of primary amides is 1. The van der Waals surface area contributed by atoms with E-state index in [9.17, 15) is 14.4 Å². The maximum atomic E-state index is 12.5. The molecule has 1 aromatic carbocycles. The second-order valence-corrected chi connectivity index (χ2v) is 6.43. The minimum atomic E-state index is -1.06. The molecule has 3 N–H and O–H groups in total. The molecule has 1 rings (SSSR count). The highest BCUT2D eigenvalue weighted by molar-refractivity contribution is 5.85. The van der Waals surface area contributed by atoms with E-state index >= 15 is 0 Å². The normalized spacial score (nSPS) is 12.3. The van der Waals surface area contributed by atoms with E-state index in [0.29, 0.717) is 0 Å². The van der Waals surface area contributed by atoms with Gasteiger partial charge in [-0.2, -0.15) is 0 Å². The van der Waals surface area contributed by atoms with Gasteiger partial charge in [-0.15, -0.1) is 0 Å². The van der Waals surface area contributed by atoms with Gasteiger partial charge in [0.1, 0.15) is 12.6 Å². The minimum absolute atomic E-state index is 0.0522. The molecule has 0 unspecified atom stereocenters. The first-order valence-electron chi connectivity index (χ1n) is 7.64. The number of hydrogen-bond acceptors (Lipinski definition) is 4. The first-order valence-corrected chi connectivity index (χ1v) is 7.64. The minimum Gasteiger partial charge on any atom is -0.481 e. The highest BCUT2D eigenvalue weighted by Gasteiger charge is 2.37. The van der Waals surface area contributed by atoms with Crippen LogP contribution in [-0.2, 0) is 20.9 Å². The van der Waals surface area contributed by atoms with Crippen molar-refractivity contribution in [3.63, 3.8) is 0 Å². The Bertz CT molecular complexity index is 580. The average molecular weight is 336 g/mol. The number of hydrogen-bond donors (Lipinski definition) is 2. The van der Waals surface area contributed by atoms with E-state index in [1.54, 1.807) is 20.8 Å². The molecule has 132 valence electrons. The second kappa shape index (κ2) is 8.33. The quantitative estimate of drug-likeness (QED) is 0.792. The predicted molar refractivity (Wildman–Crippen MR) is 88.1 cm³/mol. The molecule has 7 heteroatoms. The molecule has 0 fully saturated rings. The molecule has 0 bridgehead atoms. The maximum absolute atomic E-state index is 12.5. The van der Waals surface area contributed by atoms with E-state index in [-0.39, 0.29) is 19.4 Å². The van der Waals surface area contributed by atoms with Gasteiger partial charge in [-0.25, -0.2) is 4.79 Å². The van der Waals surface area contributed by atoms with E-state index < -0.39 is 29.6 Å². The molecule has 0 heterocycles. The third kappa shape index (κ3) is 5.91. The molecule has 0 aliphatic heterocycles. The summed E-state index contributed by atoms with van der Waals surface area (Å²) in [6.45, 7) is 5.24. The number of carboxylic acids is 1. The standard InChI is InChI=1S/C17H24N2O5/c1-17(2,3)19(13(15(18)22)9-10-14(20)21)16(23)24-11-12-7-5-4-6-8-12/h4-8,13H,9-11H2,1-3H3,(H2,18,22)(H,20,21)/t13-/m1/s1. The van der Waals surface area contributed by atoms with Gasteiger partial charge in [0.2, 0.25) is 5.91 Å². The van der Waals surface area contributed by atoms with Gasteiger partial charge in [0, 0.05) is 12.0 Å². The average Bonchev–Trinajstić information content (AvgIpc) is 2.48. The van der Waals surface area contributed by atoms with Crippen LogP contribution in [0.5, 0.6) is 0 Å². The highest BCUT2D eigenvalue weighted by atomic mass is 16.6. The Morgan fingerprint density at radius 2 is 1.79 bits per heavy atom. The van der Waals surface area contributed by atoms with Crippen molar-refractivity contribution >= 4 is 18.0 Å². The summed E-state index contributed by atoms with van der Waals surface area (Å²) >= 11 is 0. The molecule has 2 amide bonds. The van der Waals surface area contributed by atoms with Crippen molar-refractivity contribution in [2.24, 2.45) is 5.73 Å². The Kier molecular flexibility index (Phi) is 6.76. The lowest BCUT2D eigenvalue weighted by molar-refractivity contribution is -0.137. The van der Waals surface area contributed by atoms with Crippen molar-refractivity contribution in [1.29, 1.82) is 0 Å². The molecular formula is C17H24N2O5. The lowest BCUT2D eigenvalue weighted by Gasteiger charge is -2.39. The van der Waals surface area contributed by atoms with Crippen LogP contribution in [-0.4, -0.2) is 39.6 Å². The topological polar surface area (TPSA) is 110 Å². The van der Waals surface area contributed by atoms with Crippen LogP contribution >= 0.6 is 0 Å². The van der Waals surface area contributed by atoms with Gasteiger partial charge < -0.3 is 15.6 Å². The Morgan fingerprint density at radius 1 is 1.21 bits per heavy atom. The number of benzene rings is 1. The van der Waals surface area contributed by atoms with Crippen LogP contribution < -0.4 is 5.73 Å². The first-order chi connectivity index (χ1) is 11.1. The van der Waals surface area contributed by atoms with E-state index in [0.717, 1.165) is 5.56 Å². The van der Waals surface area contributed by atoms with Crippen LogP contribution in [0.25, 0.3) is 0 Å². The molecule has 1 atom stereocenters. The van der Waals surface area contributed by atoms with Gasteiger partial charge in [-0.05, 0) is 32.8 Å². The SMILES string of the molecule is CC(C)(C)N(C(=O)OCc1ccccc1)[C@H](CCC(=O)O)C(N)=O.